The highest BCUT2D eigenvalue weighted by molar-refractivity contribution is 6.05. The van der Waals surface area contributed by atoms with Gasteiger partial charge in [-0.1, -0.05) is 12.1 Å². The van der Waals surface area contributed by atoms with E-state index in [-0.39, 0.29) is 18.2 Å². The Morgan fingerprint density at radius 1 is 0.889 bits per heavy atom. The van der Waals surface area contributed by atoms with Crippen LogP contribution in [0, 0.1) is 0 Å². The normalized spacial score (nSPS) is 10.4. The topological polar surface area (TPSA) is 117 Å². The van der Waals surface area contributed by atoms with Gasteiger partial charge in [0.25, 0.3) is 5.91 Å². The third kappa shape index (κ3) is 5.61. The predicted molar refractivity (Wildman–Crippen MR) is 134 cm³/mol. The van der Waals surface area contributed by atoms with Crippen molar-refractivity contribution in [3.05, 3.63) is 84.4 Å². The predicted octanol–water partition coefficient (Wildman–Crippen LogP) is 3.73. The number of methoxy groups -OCH3 is 3. The van der Waals surface area contributed by atoms with E-state index >= 15 is 0 Å². The number of rotatable bonds is 9. The number of hydrogen-bond acceptors (Lipinski definition) is 7. The quantitative estimate of drug-likeness (QED) is 0.370. The lowest BCUT2D eigenvalue weighted by molar-refractivity contribution is -0.115. The highest BCUT2D eigenvalue weighted by Crippen LogP contribution is 2.40. The minimum atomic E-state index is -0.331. The molecule has 0 aliphatic heterocycles. The Bertz CT molecular complexity index is 1350. The molecule has 2 aromatic carbocycles. The lowest BCUT2D eigenvalue weighted by Gasteiger charge is -2.14. The number of pyridine rings is 1. The van der Waals surface area contributed by atoms with Gasteiger partial charge in [-0.15, -0.1) is 0 Å². The monoisotopic (exact) mass is 487 g/mol. The summed E-state index contributed by atoms with van der Waals surface area (Å²) in [5.41, 5.74) is 2.75. The summed E-state index contributed by atoms with van der Waals surface area (Å²) < 4.78 is 17.6. The molecule has 0 saturated heterocycles. The molecule has 2 amide bonds. The van der Waals surface area contributed by atoms with Crippen LogP contribution in [0.5, 0.6) is 17.2 Å². The molecule has 0 fully saturated rings. The molecule has 0 bridgehead atoms. The highest BCUT2D eigenvalue weighted by Gasteiger charge is 2.16. The van der Waals surface area contributed by atoms with E-state index in [0.29, 0.717) is 45.6 Å². The van der Waals surface area contributed by atoms with Crippen LogP contribution < -0.4 is 24.8 Å². The minimum absolute atomic E-state index is 0.155. The third-order valence-electron chi connectivity index (χ3n) is 5.23. The zero-order valence-electron chi connectivity index (χ0n) is 20.0. The molecule has 0 radical (unpaired) electrons. The van der Waals surface area contributed by atoms with Crippen molar-refractivity contribution in [3.8, 4) is 22.9 Å². The number of hydrogen-bond donors (Lipinski definition) is 2. The molecule has 2 aromatic heterocycles. The molecule has 0 unspecified atom stereocenters. The average molecular weight is 488 g/mol. The van der Waals surface area contributed by atoms with Crippen molar-refractivity contribution in [2.45, 2.75) is 6.42 Å². The Morgan fingerprint density at radius 2 is 1.67 bits per heavy atom. The molecular weight excluding hydrogens is 462 g/mol. The molecule has 184 valence electrons. The van der Waals surface area contributed by atoms with E-state index in [0.717, 1.165) is 0 Å². The molecule has 4 aromatic rings. The minimum Gasteiger partial charge on any atom is -0.493 e. The van der Waals surface area contributed by atoms with Crippen molar-refractivity contribution < 1.29 is 23.8 Å². The number of carbonyl (C=O) groups excluding carboxylic acids is 2. The molecule has 10 nitrogen and oxygen atoms in total. The average Bonchev–Trinajstić information content (AvgIpc) is 3.37. The Balaban J connectivity index is 1.47. The number of amides is 2. The van der Waals surface area contributed by atoms with Gasteiger partial charge in [0.05, 0.1) is 51.5 Å². The molecule has 0 saturated carbocycles. The molecule has 2 N–H and O–H groups in total. The van der Waals surface area contributed by atoms with Crippen molar-refractivity contribution in [2.75, 3.05) is 32.0 Å². The van der Waals surface area contributed by atoms with Crippen LogP contribution in [0.2, 0.25) is 0 Å². The number of nitrogens with one attached hydrogen (secondary N) is 2. The summed E-state index contributed by atoms with van der Waals surface area (Å²) >= 11 is 0. The summed E-state index contributed by atoms with van der Waals surface area (Å²) in [4.78, 5) is 29.4. The van der Waals surface area contributed by atoms with Gasteiger partial charge in [0.2, 0.25) is 11.7 Å². The molecule has 0 spiro atoms. The number of aromatic nitrogens is 3. The molecule has 36 heavy (non-hydrogen) atoms. The van der Waals surface area contributed by atoms with E-state index in [4.69, 9.17) is 14.2 Å². The lowest BCUT2D eigenvalue weighted by atomic mass is 10.1. The molecule has 10 heteroatoms. The number of carbonyl (C=O) groups is 2. The van der Waals surface area contributed by atoms with Gasteiger partial charge in [-0.25, -0.2) is 4.68 Å². The summed E-state index contributed by atoms with van der Waals surface area (Å²) in [5, 5.41) is 9.95. The van der Waals surface area contributed by atoms with E-state index in [1.165, 1.54) is 21.3 Å². The van der Waals surface area contributed by atoms with E-state index in [2.05, 4.69) is 20.7 Å². The van der Waals surface area contributed by atoms with E-state index in [1.807, 2.05) is 12.1 Å². The van der Waals surface area contributed by atoms with Crippen molar-refractivity contribution in [2.24, 2.45) is 0 Å². The summed E-state index contributed by atoms with van der Waals surface area (Å²) in [7, 11) is 4.52. The van der Waals surface area contributed by atoms with Crippen LogP contribution in [-0.4, -0.2) is 47.9 Å². The second-order valence-electron chi connectivity index (χ2n) is 7.64. The zero-order chi connectivity index (χ0) is 25.5. The number of anilines is 2. The van der Waals surface area contributed by atoms with Gasteiger partial charge in [-0.2, -0.15) is 5.10 Å². The molecule has 0 aliphatic rings. The standard InChI is InChI=1S/C26H25N5O5/c1-34-22-12-19(13-23(35-2)25(22)36-3)30-26(33)17-7-6-9-21(11-17)31-16-20(15-28-31)29-24(32)14-18-8-4-5-10-27-18/h4-13,15-16H,14H2,1-3H3,(H,29,32)(H,30,33). The van der Waals surface area contributed by atoms with E-state index in [1.54, 1.807) is 65.7 Å². The molecule has 4 rings (SSSR count). The van der Waals surface area contributed by atoms with Crippen molar-refractivity contribution in [1.29, 1.82) is 0 Å². The lowest BCUT2D eigenvalue weighted by Crippen LogP contribution is -2.14. The van der Waals surface area contributed by atoms with Crippen LogP contribution in [0.1, 0.15) is 16.1 Å². The Hall–Kier alpha value is -4.86. The summed E-state index contributed by atoms with van der Waals surface area (Å²) in [6.45, 7) is 0. The Kier molecular flexibility index (Phi) is 7.45. The zero-order valence-corrected chi connectivity index (χ0v) is 20.0. The first kappa shape index (κ1) is 24.3. The van der Waals surface area contributed by atoms with Gasteiger partial charge in [-0.05, 0) is 30.3 Å². The maximum Gasteiger partial charge on any atom is 0.255 e. The van der Waals surface area contributed by atoms with Gasteiger partial charge in [0.1, 0.15) is 0 Å². The molecule has 0 aliphatic carbocycles. The van der Waals surface area contributed by atoms with Crippen LogP contribution >= 0.6 is 0 Å². The van der Waals surface area contributed by atoms with Crippen LogP contribution in [-0.2, 0) is 11.2 Å². The second kappa shape index (κ2) is 11.0. The van der Waals surface area contributed by atoms with Gasteiger partial charge in [-0.3, -0.25) is 14.6 Å². The third-order valence-corrected chi connectivity index (χ3v) is 5.23. The Morgan fingerprint density at radius 3 is 2.33 bits per heavy atom. The smallest absolute Gasteiger partial charge is 0.255 e. The van der Waals surface area contributed by atoms with Gasteiger partial charge in [0, 0.05) is 35.3 Å². The first-order valence-electron chi connectivity index (χ1n) is 11.0. The molecule has 0 atom stereocenters. The van der Waals surface area contributed by atoms with Crippen molar-refractivity contribution in [1.82, 2.24) is 14.8 Å². The maximum atomic E-state index is 13.0. The van der Waals surface area contributed by atoms with Gasteiger partial charge < -0.3 is 24.8 Å². The number of benzene rings is 2. The van der Waals surface area contributed by atoms with Crippen molar-refractivity contribution >= 4 is 23.2 Å². The van der Waals surface area contributed by atoms with E-state index in [9.17, 15) is 9.59 Å². The fourth-order valence-electron chi connectivity index (χ4n) is 3.55. The summed E-state index contributed by atoms with van der Waals surface area (Å²) in [6.07, 6.45) is 5.01. The summed E-state index contributed by atoms with van der Waals surface area (Å²) in [6, 6.07) is 15.7. The van der Waals surface area contributed by atoms with Crippen LogP contribution in [0.4, 0.5) is 11.4 Å². The molecule has 2 heterocycles. The van der Waals surface area contributed by atoms with Crippen molar-refractivity contribution in [3.63, 3.8) is 0 Å². The fourth-order valence-corrected chi connectivity index (χ4v) is 3.55. The molecular formula is C26H25N5O5. The van der Waals surface area contributed by atoms with Crippen LogP contribution in [0.3, 0.4) is 0 Å². The van der Waals surface area contributed by atoms with Gasteiger partial charge >= 0.3 is 0 Å². The SMILES string of the molecule is COc1cc(NC(=O)c2cccc(-n3cc(NC(=O)Cc4ccccn4)cn3)c2)cc(OC)c1OC. The first-order valence-corrected chi connectivity index (χ1v) is 11.0. The van der Waals surface area contributed by atoms with E-state index < -0.39 is 0 Å². The Labute approximate surface area is 207 Å². The second-order valence-corrected chi connectivity index (χ2v) is 7.64. The largest absolute Gasteiger partial charge is 0.493 e. The maximum absolute atomic E-state index is 13.0. The summed E-state index contributed by atoms with van der Waals surface area (Å²) in [5.74, 6) is 0.751. The van der Waals surface area contributed by atoms with Gasteiger partial charge in [0.15, 0.2) is 11.5 Å². The first-order chi connectivity index (χ1) is 17.5. The number of nitrogens with zero attached hydrogens (tertiary/aromatic N) is 3. The van der Waals surface area contributed by atoms with Crippen LogP contribution in [0.25, 0.3) is 5.69 Å². The highest BCUT2D eigenvalue weighted by atomic mass is 16.5. The number of ether oxygens (including phenoxy) is 3. The van der Waals surface area contributed by atoms with Crippen LogP contribution in [0.15, 0.2) is 73.2 Å². The fraction of sp³-hybridized carbons (Fsp3) is 0.154.